The Balaban J connectivity index is 1.58. The van der Waals surface area contributed by atoms with Crippen LogP contribution in [-0.4, -0.2) is 0 Å². The lowest BCUT2D eigenvalue weighted by Crippen LogP contribution is -2.11. The Hall–Kier alpha value is -3.03. The number of para-hydroxylation sites is 1. The van der Waals surface area contributed by atoms with Crippen molar-refractivity contribution in [2.75, 3.05) is 0 Å². The van der Waals surface area contributed by atoms with Gasteiger partial charge in [0.05, 0.1) is 23.9 Å². The smallest absolute Gasteiger partial charge is 0.152 e. The highest BCUT2D eigenvalue weighted by Crippen LogP contribution is 2.22. The van der Waals surface area contributed by atoms with Crippen molar-refractivity contribution in [3.8, 4) is 6.07 Å². The summed E-state index contributed by atoms with van der Waals surface area (Å²) in [4.78, 5) is 5.41. The lowest BCUT2D eigenvalue weighted by molar-refractivity contribution is 0.0638. The number of rotatable bonds is 5. The van der Waals surface area contributed by atoms with Gasteiger partial charge in [-0.3, -0.25) is 10.3 Å². The molecule has 0 saturated heterocycles. The summed E-state index contributed by atoms with van der Waals surface area (Å²) in [5, 5.41) is 9.77. The number of hydrogen-bond donors (Lipinski definition) is 1. The van der Waals surface area contributed by atoms with Crippen molar-refractivity contribution in [1.29, 1.82) is 5.26 Å². The van der Waals surface area contributed by atoms with E-state index in [0.29, 0.717) is 23.6 Å². The monoisotopic (exact) mass is 290 g/mol. The Morgan fingerprint density at radius 2 is 1.95 bits per heavy atom. The first kappa shape index (κ1) is 13.9. The van der Waals surface area contributed by atoms with Crippen molar-refractivity contribution in [3.63, 3.8) is 0 Å². The van der Waals surface area contributed by atoms with Gasteiger partial charge >= 0.3 is 0 Å². The van der Waals surface area contributed by atoms with Crippen LogP contribution in [0.15, 0.2) is 65.6 Å². The Morgan fingerprint density at radius 1 is 1.18 bits per heavy atom. The van der Waals surface area contributed by atoms with Crippen LogP contribution < -0.4 is 5.48 Å². The molecule has 0 spiro atoms. The van der Waals surface area contributed by atoms with Crippen molar-refractivity contribution in [1.82, 2.24) is 5.48 Å². The molecule has 2 aromatic carbocycles. The number of nitriles is 1. The van der Waals surface area contributed by atoms with E-state index in [-0.39, 0.29) is 0 Å². The molecule has 3 rings (SSSR count). The molecule has 0 aliphatic carbocycles. The molecule has 1 heterocycles. The van der Waals surface area contributed by atoms with E-state index in [9.17, 15) is 0 Å². The van der Waals surface area contributed by atoms with Crippen molar-refractivity contribution in [3.05, 3.63) is 78.1 Å². The zero-order valence-electron chi connectivity index (χ0n) is 11.9. The number of furan rings is 1. The molecule has 0 aliphatic heterocycles. The van der Waals surface area contributed by atoms with E-state index in [1.165, 1.54) is 0 Å². The molecule has 108 valence electrons. The van der Waals surface area contributed by atoms with Crippen LogP contribution in [0.3, 0.4) is 0 Å². The first-order chi connectivity index (χ1) is 10.8. The minimum Gasteiger partial charge on any atom is -0.454 e. The van der Waals surface area contributed by atoms with Crippen molar-refractivity contribution in [2.45, 2.75) is 6.61 Å². The minimum absolute atomic E-state index is 0.366. The number of hydroxylamine groups is 1. The Bertz CT molecular complexity index is 808. The van der Waals surface area contributed by atoms with Gasteiger partial charge in [0.15, 0.2) is 5.76 Å². The third-order valence-electron chi connectivity index (χ3n) is 3.24. The fourth-order valence-electron chi connectivity index (χ4n) is 2.06. The van der Waals surface area contributed by atoms with Crippen LogP contribution in [0.2, 0.25) is 0 Å². The van der Waals surface area contributed by atoms with Gasteiger partial charge < -0.3 is 4.42 Å². The number of nitrogens with one attached hydrogen (secondary N) is 1. The van der Waals surface area contributed by atoms with E-state index >= 15 is 0 Å². The van der Waals surface area contributed by atoms with E-state index < -0.39 is 0 Å². The second-order valence-corrected chi connectivity index (χ2v) is 4.83. The molecule has 0 radical (unpaired) electrons. The zero-order valence-corrected chi connectivity index (χ0v) is 11.9. The van der Waals surface area contributed by atoms with Crippen LogP contribution in [0.1, 0.15) is 16.9 Å². The van der Waals surface area contributed by atoms with Gasteiger partial charge in [-0.15, -0.1) is 0 Å². The average Bonchev–Trinajstić information content (AvgIpc) is 2.99. The topological polar surface area (TPSA) is 58.2 Å². The van der Waals surface area contributed by atoms with Crippen molar-refractivity contribution < 1.29 is 9.25 Å². The lowest BCUT2D eigenvalue weighted by atomic mass is 10.2. The van der Waals surface area contributed by atoms with Crippen LogP contribution in [-0.2, 0) is 11.4 Å². The molecule has 3 aromatic rings. The normalized spacial score (nSPS) is 10.3. The maximum absolute atomic E-state index is 8.75. The summed E-state index contributed by atoms with van der Waals surface area (Å²) in [6.07, 6.45) is 0. The van der Waals surface area contributed by atoms with Crippen LogP contribution in [0.5, 0.6) is 0 Å². The predicted molar refractivity (Wildman–Crippen MR) is 84.3 cm³/mol. The van der Waals surface area contributed by atoms with Crippen molar-refractivity contribution >= 4 is 16.7 Å². The fraction of sp³-hybridized carbons (Fsp3) is 0.0556. The third kappa shape index (κ3) is 3.00. The molecule has 0 unspecified atom stereocenters. The summed E-state index contributed by atoms with van der Waals surface area (Å²) < 4.78 is 5.68. The largest absolute Gasteiger partial charge is 0.454 e. The molecule has 4 heteroatoms. The molecular formula is C18H14N2O2. The van der Waals surface area contributed by atoms with Crippen LogP contribution >= 0.6 is 0 Å². The Labute approximate surface area is 128 Å². The molecule has 4 nitrogen and oxygen atoms in total. The summed E-state index contributed by atoms with van der Waals surface area (Å²) >= 11 is 0. The summed E-state index contributed by atoms with van der Waals surface area (Å²) in [7, 11) is 0. The van der Waals surface area contributed by atoms with Gasteiger partial charge in [0.25, 0.3) is 0 Å². The number of fused-ring (bicyclic) bond motifs is 1. The first-order valence-electron chi connectivity index (χ1n) is 6.81. The summed E-state index contributed by atoms with van der Waals surface area (Å²) in [5.41, 5.74) is 5.75. The van der Waals surface area contributed by atoms with Gasteiger partial charge in [-0.1, -0.05) is 36.9 Å². The highest BCUT2D eigenvalue weighted by atomic mass is 16.6. The molecular weight excluding hydrogens is 276 g/mol. The number of benzene rings is 2. The first-order valence-corrected chi connectivity index (χ1v) is 6.81. The molecule has 0 saturated carbocycles. The second-order valence-electron chi connectivity index (χ2n) is 4.83. The fourth-order valence-corrected chi connectivity index (χ4v) is 2.06. The Kier molecular flexibility index (Phi) is 3.90. The molecule has 22 heavy (non-hydrogen) atoms. The van der Waals surface area contributed by atoms with Gasteiger partial charge in [-0.05, 0) is 29.8 Å². The van der Waals surface area contributed by atoms with Gasteiger partial charge in [0.1, 0.15) is 5.58 Å². The van der Waals surface area contributed by atoms with E-state index in [0.717, 1.165) is 16.5 Å². The van der Waals surface area contributed by atoms with Gasteiger partial charge in [0, 0.05) is 5.39 Å². The molecule has 0 atom stereocenters. The second kappa shape index (κ2) is 6.17. The van der Waals surface area contributed by atoms with E-state index in [4.69, 9.17) is 14.5 Å². The SMILES string of the molecule is C=C(NOCc1ccc(C#N)cc1)c1cc2ccccc2o1. The molecule has 0 aliphatic rings. The van der Waals surface area contributed by atoms with Gasteiger partial charge in [-0.2, -0.15) is 5.26 Å². The molecule has 0 fully saturated rings. The van der Waals surface area contributed by atoms with E-state index in [1.54, 1.807) is 12.1 Å². The van der Waals surface area contributed by atoms with Gasteiger partial charge in [0.2, 0.25) is 0 Å². The standard InChI is InChI=1S/C18H14N2O2/c1-13(18-10-16-4-2-3-5-17(16)22-18)20-21-12-15-8-6-14(11-19)7-9-15/h2-10,20H,1,12H2. The summed E-state index contributed by atoms with van der Waals surface area (Å²) in [6, 6.07) is 19.0. The van der Waals surface area contributed by atoms with E-state index in [1.807, 2.05) is 42.5 Å². The molecule has 1 N–H and O–H groups in total. The van der Waals surface area contributed by atoms with Crippen LogP contribution in [0.25, 0.3) is 16.7 Å². The third-order valence-corrected chi connectivity index (χ3v) is 3.24. The number of hydrogen-bond acceptors (Lipinski definition) is 4. The Morgan fingerprint density at radius 3 is 2.68 bits per heavy atom. The van der Waals surface area contributed by atoms with Crippen molar-refractivity contribution in [2.24, 2.45) is 0 Å². The summed E-state index contributed by atoms with van der Waals surface area (Å²) in [5.74, 6) is 0.640. The molecule has 0 bridgehead atoms. The molecule has 1 aromatic heterocycles. The lowest BCUT2D eigenvalue weighted by Gasteiger charge is -2.07. The highest BCUT2D eigenvalue weighted by molar-refractivity contribution is 5.81. The minimum atomic E-state index is 0.366. The average molecular weight is 290 g/mol. The zero-order chi connectivity index (χ0) is 15.4. The quantitative estimate of drug-likeness (QED) is 0.722. The maximum atomic E-state index is 8.75. The highest BCUT2D eigenvalue weighted by Gasteiger charge is 2.06. The predicted octanol–water partition coefficient (Wildman–Crippen LogP) is 4.00. The molecule has 0 amide bonds. The summed E-state index contributed by atoms with van der Waals surface area (Å²) in [6.45, 7) is 4.27. The van der Waals surface area contributed by atoms with Crippen LogP contribution in [0.4, 0.5) is 0 Å². The maximum Gasteiger partial charge on any atom is 0.152 e. The van der Waals surface area contributed by atoms with Crippen LogP contribution in [0, 0.1) is 11.3 Å². The van der Waals surface area contributed by atoms with E-state index in [2.05, 4.69) is 18.1 Å². The van der Waals surface area contributed by atoms with Gasteiger partial charge in [-0.25, -0.2) is 0 Å². The number of nitrogens with zero attached hydrogens (tertiary/aromatic N) is 1.